The number of nitrogens with one attached hydrogen (secondary N) is 2. The SMILES string of the molecule is COc1ccc(Nc2nc(Nc3ccc(OC)c(Cl)c3)nc(N(C)C3CCN(C)CC3)n2)cc1Cl. The van der Waals surface area contributed by atoms with Crippen LogP contribution in [0, 0.1) is 0 Å². The predicted octanol–water partition coefficient (Wildman–Crippen LogP) is 5.21. The van der Waals surface area contributed by atoms with Gasteiger partial charge in [0.25, 0.3) is 0 Å². The van der Waals surface area contributed by atoms with Gasteiger partial charge in [0.05, 0.1) is 24.3 Å². The lowest BCUT2D eigenvalue weighted by atomic mass is 10.0. The van der Waals surface area contributed by atoms with Crippen molar-refractivity contribution >= 4 is 52.4 Å². The van der Waals surface area contributed by atoms with E-state index in [1.165, 1.54) is 0 Å². The fourth-order valence-corrected chi connectivity index (χ4v) is 4.44. The van der Waals surface area contributed by atoms with Crippen LogP contribution in [0.3, 0.4) is 0 Å². The Hall–Kier alpha value is -3.01. The molecule has 1 fully saturated rings. The minimum Gasteiger partial charge on any atom is -0.495 e. The van der Waals surface area contributed by atoms with Crippen LogP contribution in [-0.2, 0) is 0 Å². The first-order chi connectivity index (χ1) is 16.9. The number of aromatic nitrogens is 3. The number of halogens is 2. The molecule has 1 aromatic heterocycles. The highest BCUT2D eigenvalue weighted by atomic mass is 35.5. The quantitative estimate of drug-likeness (QED) is 0.417. The average Bonchev–Trinajstić information content (AvgIpc) is 2.84. The van der Waals surface area contributed by atoms with Crippen LogP contribution < -0.4 is 25.0 Å². The van der Waals surface area contributed by atoms with Gasteiger partial charge in [-0.1, -0.05) is 23.2 Å². The van der Waals surface area contributed by atoms with E-state index in [9.17, 15) is 0 Å². The number of benzene rings is 2. The van der Waals surface area contributed by atoms with E-state index in [-0.39, 0.29) is 0 Å². The molecule has 0 aliphatic carbocycles. The molecule has 35 heavy (non-hydrogen) atoms. The second-order valence-corrected chi connectivity index (χ2v) is 9.19. The minimum atomic E-state index is 0.333. The average molecular weight is 518 g/mol. The third kappa shape index (κ3) is 6.17. The summed E-state index contributed by atoms with van der Waals surface area (Å²) in [5.41, 5.74) is 1.46. The molecule has 4 rings (SSSR count). The van der Waals surface area contributed by atoms with Crippen molar-refractivity contribution in [3.05, 3.63) is 46.4 Å². The van der Waals surface area contributed by atoms with Crippen molar-refractivity contribution in [3.63, 3.8) is 0 Å². The van der Waals surface area contributed by atoms with Crippen molar-refractivity contribution in [1.29, 1.82) is 0 Å². The molecule has 2 N–H and O–H groups in total. The van der Waals surface area contributed by atoms with Crippen LogP contribution in [0.5, 0.6) is 11.5 Å². The number of piperidine rings is 1. The minimum absolute atomic E-state index is 0.333. The van der Waals surface area contributed by atoms with E-state index in [0.29, 0.717) is 45.4 Å². The number of methoxy groups -OCH3 is 2. The lowest BCUT2D eigenvalue weighted by molar-refractivity contribution is 0.252. The Morgan fingerprint density at radius 3 is 1.77 bits per heavy atom. The first kappa shape index (κ1) is 25.1. The molecule has 0 radical (unpaired) electrons. The van der Waals surface area contributed by atoms with Crippen molar-refractivity contribution in [2.45, 2.75) is 18.9 Å². The Bertz CT molecular complexity index is 1100. The molecule has 0 bridgehead atoms. The molecular weight excluding hydrogens is 489 g/mol. The first-order valence-electron chi connectivity index (χ1n) is 11.2. The maximum atomic E-state index is 6.30. The van der Waals surface area contributed by atoms with Crippen molar-refractivity contribution in [2.75, 3.05) is 56.9 Å². The van der Waals surface area contributed by atoms with Crippen molar-refractivity contribution in [2.24, 2.45) is 0 Å². The zero-order valence-electron chi connectivity index (χ0n) is 20.2. The number of anilines is 5. The highest BCUT2D eigenvalue weighted by Gasteiger charge is 2.23. The number of likely N-dealkylation sites (tertiary alicyclic amines) is 1. The molecule has 2 aromatic carbocycles. The maximum absolute atomic E-state index is 6.30. The Balaban J connectivity index is 1.64. The molecule has 0 saturated carbocycles. The normalized spacial score (nSPS) is 14.5. The molecule has 3 aromatic rings. The molecule has 0 atom stereocenters. The number of ether oxygens (including phenoxy) is 2. The molecule has 0 unspecified atom stereocenters. The zero-order chi connectivity index (χ0) is 24.9. The van der Waals surface area contributed by atoms with E-state index in [2.05, 4.69) is 32.5 Å². The second-order valence-electron chi connectivity index (χ2n) is 8.38. The van der Waals surface area contributed by atoms with E-state index in [1.807, 2.05) is 19.2 Å². The Morgan fingerprint density at radius 2 is 1.34 bits per heavy atom. The van der Waals surface area contributed by atoms with E-state index >= 15 is 0 Å². The van der Waals surface area contributed by atoms with Gasteiger partial charge in [-0.3, -0.25) is 0 Å². The zero-order valence-corrected chi connectivity index (χ0v) is 21.7. The van der Waals surface area contributed by atoms with Gasteiger partial charge in [0.2, 0.25) is 17.8 Å². The van der Waals surface area contributed by atoms with Crippen LogP contribution >= 0.6 is 23.2 Å². The molecular formula is C24H29Cl2N7O2. The molecule has 9 nitrogen and oxygen atoms in total. The summed E-state index contributed by atoms with van der Waals surface area (Å²) in [5, 5.41) is 7.44. The van der Waals surface area contributed by atoms with Crippen LogP contribution in [0.1, 0.15) is 12.8 Å². The Labute approximate surface area is 215 Å². The molecule has 0 spiro atoms. The molecule has 186 valence electrons. The molecule has 11 heteroatoms. The smallest absolute Gasteiger partial charge is 0.233 e. The molecule has 1 aliphatic heterocycles. The van der Waals surface area contributed by atoms with Crippen LogP contribution in [0.4, 0.5) is 29.2 Å². The van der Waals surface area contributed by atoms with Crippen LogP contribution in [-0.4, -0.2) is 67.3 Å². The fourth-order valence-electron chi connectivity index (χ4n) is 3.93. The largest absolute Gasteiger partial charge is 0.495 e. The monoisotopic (exact) mass is 517 g/mol. The van der Waals surface area contributed by atoms with Crippen LogP contribution in [0.2, 0.25) is 10.0 Å². The van der Waals surface area contributed by atoms with Gasteiger partial charge in [-0.25, -0.2) is 0 Å². The second kappa shape index (κ2) is 11.2. The van der Waals surface area contributed by atoms with E-state index in [1.54, 1.807) is 38.5 Å². The number of nitrogens with zero attached hydrogens (tertiary/aromatic N) is 5. The summed E-state index contributed by atoms with van der Waals surface area (Å²) in [6.45, 7) is 2.07. The summed E-state index contributed by atoms with van der Waals surface area (Å²) in [4.78, 5) is 18.4. The van der Waals surface area contributed by atoms with Crippen LogP contribution in [0.15, 0.2) is 36.4 Å². The highest BCUT2D eigenvalue weighted by Crippen LogP contribution is 2.31. The lowest BCUT2D eigenvalue weighted by Gasteiger charge is -2.35. The number of hydrogen-bond donors (Lipinski definition) is 2. The van der Waals surface area contributed by atoms with E-state index in [0.717, 1.165) is 37.3 Å². The van der Waals surface area contributed by atoms with E-state index < -0.39 is 0 Å². The molecule has 1 aliphatic rings. The van der Waals surface area contributed by atoms with Crippen LogP contribution in [0.25, 0.3) is 0 Å². The molecule has 2 heterocycles. The Morgan fingerprint density at radius 1 is 0.857 bits per heavy atom. The summed E-state index contributed by atoms with van der Waals surface area (Å²) >= 11 is 12.6. The van der Waals surface area contributed by atoms with Crippen molar-refractivity contribution in [3.8, 4) is 11.5 Å². The van der Waals surface area contributed by atoms with E-state index in [4.69, 9.17) is 42.6 Å². The van der Waals surface area contributed by atoms with Crippen molar-refractivity contribution < 1.29 is 9.47 Å². The number of rotatable bonds is 8. The standard InChI is InChI=1S/C24H29Cl2N7O2/c1-32-11-9-17(10-12-32)33(2)24-30-22(27-15-5-7-20(34-3)18(25)13-15)29-23(31-24)28-16-6-8-21(35-4)19(26)14-16/h5-8,13-14,17H,9-12H2,1-4H3,(H2,27,28,29,30,31). The molecule has 1 saturated heterocycles. The lowest BCUT2D eigenvalue weighted by Crippen LogP contribution is -2.42. The summed E-state index contributed by atoms with van der Waals surface area (Å²) < 4.78 is 10.5. The third-order valence-corrected chi connectivity index (χ3v) is 6.58. The summed E-state index contributed by atoms with van der Waals surface area (Å²) in [6.07, 6.45) is 2.07. The van der Waals surface area contributed by atoms with Gasteiger partial charge in [-0.15, -0.1) is 0 Å². The third-order valence-electron chi connectivity index (χ3n) is 5.99. The van der Waals surface area contributed by atoms with Gasteiger partial charge in [0.1, 0.15) is 11.5 Å². The topological polar surface area (TPSA) is 87.7 Å². The first-order valence-corrected chi connectivity index (χ1v) is 12.0. The van der Waals surface area contributed by atoms with Gasteiger partial charge < -0.3 is 29.9 Å². The summed E-state index contributed by atoms with van der Waals surface area (Å²) in [7, 11) is 7.32. The Kier molecular flexibility index (Phi) is 8.00. The van der Waals surface area contributed by atoms with Crippen molar-refractivity contribution in [1.82, 2.24) is 19.9 Å². The van der Waals surface area contributed by atoms with Gasteiger partial charge in [-0.2, -0.15) is 15.0 Å². The van der Waals surface area contributed by atoms with Gasteiger partial charge >= 0.3 is 0 Å². The predicted molar refractivity (Wildman–Crippen MR) is 141 cm³/mol. The molecule has 0 amide bonds. The highest BCUT2D eigenvalue weighted by molar-refractivity contribution is 6.32. The van der Waals surface area contributed by atoms with Gasteiger partial charge in [0, 0.05) is 24.5 Å². The fraction of sp³-hybridized carbons (Fsp3) is 0.375. The van der Waals surface area contributed by atoms with Gasteiger partial charge in [-0.05, 0) is 69.4 Å². The maximum Gasteiger partial charge on any atom is 0.233 e. The summed E-state index contributed by atoms with van der Waals surface area (Å²) in [6, 6.07) is 11.1. The summed E-state index contributed by atoms with van der Waals surface area (Å²) in [5.74, 6) is 2.53. The van der Waals surface area contributed by atoms with Gasteiger partial charge in [0.15, 0.2) is 0 Å². The number of hydrogen-bond acceptors (Lipinski definition) is 9.